The SMILES string of the molecule is NCC1(C(=O)N[C@@H]2c3ccccc3C[C@@H]2O)CC1. The zero-order valence-corrected chi connectivity index (χ0v) is 10.2. The Morgan fingerprint density at radius 1 is 1.44 bits per heavy atom. The lowest BCUT2D eigenvalue weighted by Crippen LogP contribution is -2.41. The molecule has 4 heteroatoms. The summed E-state index contributed by atoms with van der Waals surface area (Å²) in [5.74, 6) is -0.00856. The van der Waals surface area contributed by atoms with Crippen molar-refractivity contribution in [3.63, 3.8) is 0 Å². The van der Waals surface area contributed by atoms with Gasteiger partial charge < -0.3 is 16.2 Å². The third-order valence-electron chi connectivity index (χ3n) is 4.22. The number of fused-ring (bicyclic) bond motifs is 1. The number of benzene rings is 1. The second kappa shape index (κ2) is 4.07. The highest BCUT2D eigenvalue weighted by Crippen LogP contribution is 2.45. The van der Waals surface area contributed by atoms with Crippen molar-refractivity contribution in [1.29, 1.82) is 0 Å². The van der Waals surface area contributed by atoms with Crippen LogP contribution >= 0.6 is 0 Å². The van der Waals surface area contributed by atoms with Crippen molar-refractivity contribution < 1.29 is 9.90 Å². The second-order valence-corrected chi connectivity index (χ2v) is 5.41. The number of hydrogen-bond donors (Lipinski definition) is 3. The highest BCUT2D eigenvalue weighted by Gasteiger charge is 2.49. The van der Waals surface area contributed by atoms with Crippen molar-refractivity contribution in [3.05, 3.63) is 35.4 Å². The normalized spacial score (nSPS) is 27.7. The first kappa shape index (κ1) is 11.7. The van der Waals surface area contributed by atoms with Crippen LogP contribution in [-0.4, -0.2) is 23.7 Å². The fourth-order valence-electron chi connectivity index (χ4n) is 2.72. The van der Waals surface area contributed by atoms with Crippen LogP contribution in [0.4, 0.5) is 0 Å². The summed E-state index contributed by atoms with van der Waals surface area (Å²) < 4.78 is 0. The average molecular weight is 246 g/mol. The van der Waals surface area contributed by atoms with Crippen molar-refractivity contribution >= 4 is 5.91 Å². The summed E-state index contributed by atoms with van der Waals surface area (Å²) in [4.78, 5) is 12.2. The fraction of sp³-hybridized carbons (Fsp3) is 0.500. The Bertz CT molecular complexity index is 482. The summed E-state index contributed by atoms with van der Waals surface area (Å²) in [7, 11) is 0. The first-order chi connectivity index (χ1) is 8.66. The first-order valence-corrected chi connectivity index (χ1v) is 6.43. The summed E-state index contributed by atoms with van der Waals surface area (Å²) >= 11 is 0. The summed E-state index contributed by atoms with van der Waals surface area (Å²) in [5, 5.41) is 13.0. The van der Waals surface area contributed by atoms with Gasteiger partial charge in [0.2, 0.25) is 5.91 Å². The smallest absolute Gasteiger partial charge is 0.228 e. The Morgan fingerprint density at radius 2 is 2.17 bits per heavy atom. The van der Waals surface area contributed by atoms with Crippen LogP contribution in [0.15, 0.2) is 24.3 Å². The molecule has 18 heavy (non-hydrogen) atoms. The highest BCUT2D eigenvalue weighted by molar-refractivity contribution is 5.86. The Balaban J connectivity index is 1.79. The van der Waals surface area contributed by atoms with E-state index >= 15 is 0 Å². The topological polar surface area (TPSA) is 75.4 Å². The molecular weight excluding hydrogens is 228 g/mol. The molecule has 0 spiro atoms. The van der Waals surface area contributed by atoms with Crippen LogP contribution in [0.1, 0.15) is 30.0 Å². The number of aliphatic hydroxyl groups is 1. The number of carbonyl (C=O) groups is 1. The largest absolute Gasteiger partial charge is 0.390 e. The molecule has 0 saturated heterocycles. The molecule has 0 bridgehead atoms. The van der Waals surface area contributed by atoms with E-state index in [9.17, 15) is 9.90 Å². The lowest BCUT2D eigenvalue weighted by atomic mass is 10.0. The van der Waals surface area contributed by atoms with Gasteiger partial charge >= 0.3 is 0 Å². The van der Waals surface area contributed by atoms with Crippen LogP contribution in [-0.2, 0) is 11.2 Å². The Labute approximate surface area is 106 Å². The zero-order valence-electron chi connectivity index (χ0n) is 10.2. The van der Waals surface area contributed by atoms with Gasteiger partial charge in [0.1, 0.15) is 0 Å². The molecule has 0 unspecified atom stereocenters. The number of hydrogen-bond acceptors (Lipinski definition) is 3. The summed E-state index contributed by atoms with van der Waals surface area (Å²) in [5.41, 5.74) is 7.44. The molecule has 1 aromatic rings. The van der Waals surface area contributed by atoms with Crippen molar-refractivity contribution in [1.82, 2.24) is 5.32 Å². The second-order valence-electron chi connectivity index (χ2n) is 5.41. The van der Waals surface area contributed by atoms with E-state index in [4.69, 9.17) is 5.73 Å². The minimum atomic E-state index is -0.528. The number of nitrogens with two attached hydrogens (primary N) is 1. The molecule has 0 heterocycles. The maximum atomic E-state index is 12.2. The van der Waals surface area contributed by atoms with Gasteiger partial charge in [-0.15, -0.1) is 0 Å². The third-order valence-corrected chi connectivity index (χ3v) is 4.22. The lowest BCUT2D eigenvalue weighted by molar-refractivity contribution is -0.127. The van der Waals surface area contributed by atoms with Crippen LogP contribution in [0.2, 0.25) is 0 Å². The van der Waals surface area contributed by atoms with Gasteiger partial charge in [-0.05, 0) is 24.0 Å². The van der Waals surface area contributed by atoms with E-state index in [0.29, 0.717) is 13.0 Å². The van der Waals surface area contributed by atoms with Crippen molar-refractivity contribution in [2.45, 2.75) is 31.4 Å². The molecule has 1 aromatic carbocycles. The molecule has 1 saturated carbocycles. The minimum absolute atomic E-state index is 0.00856. The van der Waals surface area contributed by atoms with Gasteiger partial charge in [-0.1, -0.05) is 24.3 Å². The molecule has 1 amide bonds. The number of carbonyl (C=O) groups excluding carboxylic acids is 1. The van der Waals surface area contributed by atoms with Crippen molar-refractivity contribution in [3.8, 4) is 0 Å². The maximum absolute atomic E-state index is 12.2. The standard InChI is InChI=1S/C14H18N2O2/c15-8-14(5-6-14)13(18)16-12-10-4-2-1-3-9(10)7-11(12)17/h1-4,11-12,17H,5-8,15H2,(H,16,18)/t11-,12+/m0/s1. The minimum Gasteiger partial charge on any atom is -0.390 e. The van der Waals surface area contributed by atoms with E-state index in [2.05, 4.69) is 5.32 Å². The molecule has 4 N–H and O–H groups in total. The lowest BCUT2D eigenvalue weighted by Gasteiger charge is -2.21. The summed E-state index contributed by atoms with van der Waals surface area (Å²) in [6, 6.07) is 7.58. The molecule has 2 aliphatic carbocycles. The number of rotatable bonds is 3. The third kappa shape index (κ3) is 1.72. The van der Waals surface area contributed by atoms with E-state index in [1.807, 2.05) is 24.3 Å². The maximum Gasteiger partial charge on any atom is 0.228 e. The Hall–Kier alpha value is -1.39. The molecule has 0 radical (unpaired) electrons. The zero-order chi connectivity index (χ0) is 12.8. The van der Waals surface area contributed by atoms with Crippen molar-refractivity contribution in [2.24, 2.45) is 11.1 Å². The molecule has 1 fully saturated rings. The van der Waals surface area contributed by atoms with E-state index < -0.39 is 6.10 Å². The highest BCUT2D eigenvalue weighted by atomic mass is 16.3. The van der Waals surface area contributed by atoms with Crippen molar-refractivity contribution in [2.75, 3.05) is 6.54 Å². The van der Waals surface area contributed by atoms with Crippen LogP contribution in [0.3, 0.4) is 0 Å². The van der Waals surface area contributed by atoms with Crippen LogP contribution in [0.5, 0.6) is 0 Å². The van der Waals surface area contributed by atoms with Gasteiger partial charge in [-0.3, -0.25) is 4.79 Å². The molecule has 2 atom stereocenters. The predicted molar refractivity (Wildman–Crippen MR) is 67.8 cm³/mol. The summed E-state index contributed by atoms with van der Waals surface area (Å²) in [6.07, 6.45) is 1.80. The molecule has 0 aromatic heterocycles. The van der Waals surface area contributed by atoms with Crippen LogP contribution in [0.25, 0.3) is 0 Å². The van der Waals surface area contributed by atoms with Gasteiger partial charge in [0.25, 0.3) is 0 Å². The van der Waals surface area contributed by atoms with Gasteiger partial charge in [-0.25, -0.2) is 0 Å². The van der Waals surface area contributed by atoms with Gasteiger partial charge in [-0.2, -0.15) is 0 Å². The number of aliphatic hydroxyl groups excluding tert-OH is 1. The molecule has 3 rings (SSSR count). The molecule has 2 aliphatic rings. The van der Waals surface area contributed by atoms with Gasteiger partial charge in [0.15, 0.2) is 0 Å². The number of amides is 1. The fourth-order valence-corrected chi connectivity index (χ4v) is 2.72. The van der Waals surface area contributed by atoms with Crippen LogP contribution in [0, 0.1) is 5.41 Å². The van der Waals surface area contributed by atoms with Gasteiger partial charge in [0, 0.05) is 13.0 Å². The van der Waals surface area contributed by atoms with Crippen LogP contribution < -0.4 is 11.1 Å². The molecule has 96 valence electrons. The van der Waals surface area contributed by atoms with E-state index in [1.165, 1.54) is 0 Å². The quantitative estimate of drug-likeness (QED) is 0.727. The predicted octanol–water partition coefficient (Wildman–Crippen LogP) is 0.500. The Kier molecular flexibility index (Phi) is 2.64. The molecule has 4 nitrogen and oxygen atoms in total. The van der Waals surface area contributed by atoms with Gasteiger partial charge in [0.05, 0.1) is 17.6 Å². The first-order valence-electron chi connectivity index (χ1n) is 6.43. The van der Waals surface area contributed by atoms with E-state index in [0.717, 1.165) is 24.0 Å². The van der Waals surface area contributed by atoms with E-state index in [-0.39, 0.29) is 17.4 Å². The monoisotopic (exact) mass is 246 g/mol. The molecular formula is C14H18N2O2. The Morgan fingerprint density at radius 3 is 2.83 bits per heavy atom. The van der Waals surface area contributed by atoms with E-state index in [1.54, 1.807) is 0 Å². The average Bonchev–Trinajstić information content (AvgIpc) is 3.12. The molecule has 0 aliphatic heterocycles. The number of nitrogens with one attached hydrogen (secondary N) is 1. The summed E-state index contributed by atoms with van der Waals surface area (Å²) in [6.45, 7) is 0.392.